The third kappa shape index (κ3) is 4.81. The van der Waals surface area contributed by atoms with E-state index in [1.54, 1.807) is 18.5 Å². The second-order valence-corrected chi connectivity index (χ2v) is 6.32. The van der Waals surface area contributed by atoms with E-state index in [0.29, 0.717) is 21.5 Å². The molecule has 1 aromatic heterocycles. The summed E-state index contributed by atoms with van der Waals surface area (Å²) in [7, 11) is 1.56. The molecule has 1 atom stereocenters. The third-order valence-electron chi connectivity index (χ3n) is 3.27. The highest BCUT2D eigenvalue weighted by Gasteiger charge is 2.19. The topological polar surface area (TPSA) is 86.4 Å². The van der Waals surface area contributed by atoms with Gasteiger partial charge in [0.05, 0.1) is 18.3 Å². The van der Waals surface area contributed by atoms with Gasteiger partial charge < -0.3 is 15.5 Å². The number of nitrogens with zero attached hydrogens (tertiary/aromatic N) is 1. The van der Waals surface area contributed by atoms with Crippen LogP contribution in [-0.2, 0) is 9.59 Å². The SMILES string of the molecule is C[NH+](CC(=O)Nc1ccc(F)c(F)c1F)CC(=O)Nc1sccc1C#N. The molecule has 1 heterocycles. The van der Waals surface area contributed by atoms with Gasteiger partial charge in [0.15, 0.2) is 30.5 Å². The zero-order chi connectivity index (χ0) is 19.3. The van der Waals surface area contributed by atoms with Crippen LogP contribution < -0.4 is 15.5 Å². The van der Waals surface area contributed by atoms with Crippen molar-refractivity contribution < 1.29 is 27.7 Å². The Balaban J connectivity index is 1.88. The van der Waals surface area contributed by atoms with Gasteiger partial charge in [-0.05, 0) is 23.6 Å². The number of hydrogen-bond donors (Lipinski definition) is 3. The van der Waals surface area contributed by atoms with E-state index in [2.05, 4.69) is 10.6 Å². The van der Waals surface area contributed by atoms with E-state index in [4.69, 9.17) is 5.26 Å². The highest BCUT2D eigenvalue weighted by atomic mass is 32.1. The van der Waals surface area contributed by atoms with Gasteiger partial charge in [-0.2, -0.15) is 5.26 Å². The molecule has 10 heteroatoms. The molecule has 0 saturated carbocycles. The molecule has 26 heavy (non-hydrogen) atoms. The lowest BCUT2D eigenvalue weighted by atomic mass is 10.2. The van der Waals surface area contributed by atoms with Crippen LogP contribution in [0.3, 0.4) is 0 Å². The molecule has 1 unspecified atom stereocenters. The number of nitriles is 1. The van der Waals surface area contributed by atoms with Crippen LogP contribution in [0.1, 0.15) is 5.56 Å². The summed E-state index contributed by atoms with van der Waals surface area (Å²) in [6.07, 6.45) is 0. The van der Waals surface area contributed by atoms with Crippen molar-refractivity contribution in [3.05, 3.63) is 46.6 Å². The van der Waals surface area contributed by atoms with Gasteiger partial charge in [0, 0.05) is 0 Å². The van der Waals surface area contributed by atoms with Gasteiger partial charge in [0.25, 0.3) is 11.8 Å². The predicted molar refractivity (Wildman–Crippen MR) is 89.2 cm³/mol. The average Bonchev–Trinajstić information content (AvgIpc) is 3.02. The molecule has 0 saturated heterocycles. The molecule has 2 amide bonds. The fourth-order valence-corrected chi connectivity index (χ4v) is 2.85. The Bertz CT molecular complexity index is 879. The predicted octanol–water partition coefficient (Wildman–Crippen LogP) is 1.13. The normalized spacial score (nSPS) is 11.5. The van der Waals surface area contributed by atoms with E-state index in [1.807, 2.05) is 6.07 Å². The minimum atomic E-state index is -1.67. The second kappa shape index (κ2) is 8.46. The third-order valence-corrected chi connectivity index (χ3v) is 4.10. The summed E-state index contributed by atoms with van der Waals surface area (Å²) >= 11 is 1.20. The standard InChI is InChI=1S/C16H13F3N4O2S/c1-23(8-13(25)22-16-9(6-20)4-5-26-16)7-12(24)21-11-3-2-10(17)14(18)15(11)19/h2-5H,7-8H2,1H3,(H,21,24)(H,22,25)/p+1. The minimum absolute atomic E-state index is 0.0869. The number of halogens is 3. The highest BCUT2D eigenvalue weighted by molar-refractivity contribution is 7.14. The maximum absolute atomic E-state index is 13.5. The molecule has 0 bridgehead atoms. The molecule has 1 aromatic carbocycles. The van der Waals surface area contributed by atoms with Gasteiger partial charge in [0.1, 0.15) is 11.1 Å². The zero-order valence-corrected chi connectivity index (χ0v) is 14.3. The van der Waals surface area contributed by atoms with Crippen LogP contribution in [0.25, 0.3) is 0 Å². The number of benzene rings is 1. The van der Waals surface area contributed by atoms with Crippen molar-refractivity contribution >= 4 is 33.8 Å². The largest absolute Gasteiger partial charge is 0.322 e. The van der Waals surface area contributed by atoms with E-state index >= 15 is 0 Å². The fourth-order valence-electron chi connectivity index (χ4n) is 2.09. The molecular formula is C16H14F3N4O2S+. The first kappa shape index (κ1) is 19.4. The van der Waals surface area contributed by atoms with Gasteiger partial charge in [0.2, 0.25) is 0 Å². The summed E-state index contributed by atoms with van der Waals surface area (Å²) in [5, 5.41) is 15.7. The smallest absolute Gasteiger partial charge is 0.280 e. The number of nitrogens with one attached hydrogen (secondary N) is 3. The first-order valence-electron chi connectivity index (χ1n) is 7.34. The minimum Gasteiger partial charge on any atom is -0.322 e. The van der Waals surface area contributed by atoms with Crippen molar-refractivity contribution in [2.24, 2.45) is 0 Å². The van der Waals surface area contributed by atoms with Crippen molar-refractivity contribution in [3.8, 4) is 6.07 Å². The summed E-state index contributed by atoms with van der Waals surface area (Å²) in [5.41, 5.74) is -0.143. The Kier molecular flexibility index (Phi) is 6.32. The fraction of sp³-hybridized carbons (Fsp3) is 0.188. The van der Waals surface area contributed by atoms with Crippen LogP contribution in [0, 0.1) is 28.8 Å². The number of carbonyl (C=O) groups is 2. The lowest BCUT2D eigenvalue weighted by Crippen LogP contribution is -3.11. The van der Waals surface area contributed by atoms with E-state index in [0.717, 1.165) is 6.07 Å². The average molecular weight is 383 g/mol. The van der Waals surface area contributed by atoms with Gasteiger partial charge in [-0.25, -0.2) is 13.2 Å². The van der Waals surface area contributed by atoms with Crippen LogP contribution >= 0.6 is 11.3 Å². The number of rotatable bonds is 6. The number of anilines is 2. The number of hydrogen-bond acceptors (Lipinski definition) is 4. The lowest BCUT2D eigenvalue weighted by molar-refractivity contribution is -0.862. The molecule has 2 aromatic rings. The Morgan fingerprint density at radius 3 is 2.42 bits per heavy atom. The molecule has 0 radical (unpaired) electrons. The van der Waals surface area contributed by atoms with E-state index in [9.17, 15) is 22.8 Å². The summed E-state index contributed by atoms with van der Waals surface area (Å²) < 4.78 is 39.5. The van der Waals surface area contributed by atoms with Crippen molar-refractivity contribution in [1.82, 2.24) is 0 Å². The van der Waals surface area contributed by atoms with E-state index in [-0.39, 0.29) is 13.1 Å². The Hall–Kier alpha value is -2.90. The van der Waals surface area contributed by atoms with Crippen molar-refractivity contribution in [1.29, 1.82) is 5.26 Å². The molecule has 0 aliphatic carbocycles. The monoisotopic (exact) mass is 383 g/mol. The summed E-state index contributed by atoms with van der Waals surface area (Å²) in [4.78, 5) is 24.3. The lowest BCUT2D eigenvalue weighted by Gasteiger charge is -2.14. The quantitative estimate of drug-likeness (QED) is 0.654. The van der Waals surface area contributed by atoms with Gasteiger partial charge in [-0.1, -0.05) is 0 Å². The Morgan fingerprint density at radius 2 is 1.77 bits per heavy atom. The maximum atomic E-state index is 13.5. The first-order valence-corrected chi connectivity index (χ1v) is 8.22. The number of carbonyl (C=O) groups excluding carboxylic acids is 2. The van der Waals surface area contributed by atoms with Crippen molar-refractivity contribution in [2.45, 2.75) is 0 Å². The van der Waals surface area contributed by atoms with Gasteiger partial charge in [-0.3, -0.25) is 9.59 Å². The molecule has 0 aliphatic rings. The highest BCUT2D eigenvalue weighted by Crippen LogP contribution is 2.21. The Labute approximate surface area is 150 Å². The number of amides is 2. The number of quaternary nitrogens is 1. The summed E-state index contributed by atoms with van der Waals surface area (Å²) in [6, 6.07) is 5.12. The second-order valence-electron chi connectivity index (χ2n) is 5.41. The van der Waals surface area contributed by atoms with Crippen molar-refractivity contribution in [2.75, 3.05) is 30.8 Å². The number of likely N-dealkylation sites (N-methyl/N-ethyl adjacent to an activating group) is 1. The Morgan fingerprint density at radius 1 is 1.12 bits per heavy atom. The molecule has 136 valence electrons. The van der Waals surface area contributed by atoms with Crippen LogP contribution in [0.4, 0.5) is 23.9 Å². The van der Waals surface area contributed by atoms with Crippen LogP contribution in [-0.4, -0.2) is 32.0 Å². The molecule has 0 aliphatic heterocycles. The zero-order valence-electron chi connectivity index (χ0n) is 13.5. The number of thiophene rings is 1. The molecular weight excluding hydrogens is 369 g/mol. The van der Waals surface area contributed by atoms with E-state index in [1.165, 1.54) is 11.3 Å². The van der Waals surface area contributed by atoms with Gasteiger partial charge in [-0.15, -0.1) is 11.3 Å². The first-order chi connectivity index (χ1) is 12.3. The maximum Gasteiger partial charge on any atom is 0.280 e. The molecule has 3 N–H and O–H groups in total. The van der Waals surface area contributed by atoms with Crippen molar-refractivity contribution in [3.63, 3.8) is 0 Å². The molecule has 0 fully saturated rings. The molecule has 2 rings (SSSR count). The van der Waals surface area contributed by atoms with Crippen LogP contribution in [0.5, 0.6) is 0 Å². The van der Waals surface area contributed by atoms with E-state index < -0.39 is 35.0 Å². The van der Waals surface area contributed by atoms with Gasteiger partial charge >= 0.3 is 0 Å². The summed E-state index contributed by atoms with van der Waals surface area (Å²) in [6.45, 7) is -0.294. The summed E-state index contributed by atoms with van der Waals surface area (Å²) in [5.74, 6) is -5.60. The molecule has 0 spiro atoms. The van der Waals surface area contributed by atoms with Crippen LogP contribution in [0.15, 0.2) is 23.6 Å². The van der Waals surface area contributed by atoms with Crippen LogP contribution in [0.2, 0.25) is 0 Å². The molecule has 6 nitrogen and oxygen atoms in total.